The zero-order valence-electron chi connectivity index (χ0n) is 8.72. The van der Waals surface area contributed by atoms with Crippen LogP contribution in [0.25, 0.3) is 0 Å². The Balaban J connectivity index is 3.51. The van der Waals surface area contributed by atoms with Crippen LogP contribution in [0, 0.1) is 6.92 Å². The molecule has 1 aromatic carbocycles. The molecule has 0 aliphatic carbocycles. The van der Waals surface area contributed by atoms with Gasteiger partial charge in [0.05, 0.1) is 10.5 Å². The molecule has 0 N–H and O–H groups in total. The number of sulfone groups is 1. The number of hydrogen-bond acceptors (Lipinski definition) is 2. The van der Waals surface area contributed by atoms with Gasteiger partial charge in [-0.3, -0.25) is 0 Å². The lowest BCUT2D eigenvalue weighted by Crippen LogP contribution is -2.23. The van der Waals surface area contributed by atoms with E-state index in [1.165, 1.54) is 0 Å². The molecule has 1 rings (SSSR count). The van der Waals surface area contributed by atoms with Crippen LogP contribution in [0.2, 0.25) is 0 Å². The Kier molecular flexibility index (Phi) is 3.41. The first-order valence-electron chi connectivity index (χ1n) is 4.36. The second-order valence-corrected chi connectivity index (χ2v) is 5.42. The first kappa shape index (κ1) is 14.8. The van der Waals surface area contributed by atoms with Gasteiger partial charge < -0.3 is 0 Å². The molecule has 9 heteroatoms. The van der Waals surface area contributed by atoms with Gasteiger partial charge in [-0.25, -0.2) is 8.42 Å². The lowest BCUT2D eigenvalue weighted by molar-refractivity contribution is -0.137. The minimum atomic E-state index is -5.78. The van der Waals surface area contributed by atoms with Gasteiger partial charge in [0.1, 0.15) is 0 Å². The largest absolute Gasteiger partial charge is 0.501 e. The summed E-state index contributed by atoms with van der Waals surface area (Å²) in [5, 5.41) is 0. The summed E-state index contributed by atoms with van der Waals surface area (Å²) in [5.74, 6) is 0. The smallest absolute Gasteiger partial charge is 0.214 e. The van der Waals surface area contributed by atoms with Crippen LogP contribution in [-0.4, -0.2) is 13.9 Å². The van der Waals surface area contributed by atoms with E-state index in [2.05, 4.69) is 0 Å². The Morgan fingerprint density at radius 2 is 1.44 bits per heavy atom. The van der Waals surface area contributed by atoms with Crippen LogP contribution in [0.15, 0.2) is 23.1 Å². The van der Waals surface area contributed by atoms with Crippen molar-refractivity contribution in [2.45, 2.75) is 23.5 Å². The Hall–Kier alpha value is -1.25. The van der Waals surface area contributed by atoms with Crippen molar-refractivity contribution in [1.29, 1.82) is 0 Å². The van der Waals surface area contributed by atoms with Gasteiger partial charge in [-0.2, -0.15) is 26.3 Å². The summed E-state index contributed by atoms with van der Waals surface area (Å²) in [7, 11) is -5.78. The molecule has 0 spiro atoms. The van der Waals surface area contributed by atoms with Crippen molar-refractivity contribution in [2.75, 3.05) is 0 Å². The molecule has 0 aromatic heterocycles. The van der Waals surface area contributed by atoms with E-state index in [4.69, 9.17) is 0 Å². The second-order valence-electron chi connectivity index (χ2n) is 3.48. The number of halogens is 6. The maximum atomic E-state index is 12.4. The van der Waals surface area contributed by atoms with Crippen molar-refractivity contribution in [3.05, 3.63) is 29.3 Å². The van der Waals surface area contributed by atoms with Crippen molar-refractivity contribution in [2.24, 2.45) is 0 Å². The molecule has 102 valence electrons. The van der Waals surface area contributed by atoms with Gasteiger partial charge in [0.25, 0.3) is 9.84 Å². The van der Waals surface area contributed by atoms with Crippen LogP contribution in [-0.2, 0) is 16.0 Å². The third-order valence-electron chi connectivity index (χ3n) is 1.99. The highest BCUT2D eigenvalue weighted by Crippen LogP contribution is 2.35. The number of alkyl halides is 6. The molecule has 1 aromatic rings. The molecule has 2 nitrogen and oxygen atoms in total. The third-order valence-corrected chi connectivity index (χ3v) is 3.46. The SMILES string of the molecule is Cc1cc(C(F)(F)F)cc(S(=O)(=O)C(F)(F)F)c1. The number of rotatable bonds is 1. The van der Waals surface area contributed by atoms with E-state index in [0.29, 0.717) is 12.1 Å². The van der Waals surface area contributed by atoms with E-state index in [0.717, 1.165) is 6.92 Å². The van der Waals surface area contributed by atoms with Gasteiger partial charge in [0.15, 0.2) is 0 Å². The fourth-order valence-electron chi connectivity index (χ4n) is 1.20. The van der Waals surface area contributed by atoms with Crippen LogP contribution in [0.5, 0.6) is 0 Å². The fraction of sp³-hybridized carbons (Fsp3) is 0.333. The molecule has 0 unspecified atom stereocenters. The molecule has 0 heterocycles. The summed E-state index contributed by atoms with van der Waals surface area (Å²) >= 11 is 0. The maximum absolute atomic E-state index is 12.4. The molecule has 0 saturated carbocycles. The number of hydrogen-bond donors (Lipinski definition) is 0. The van der Waals surface area contributed by atoms with Crippen LogP contribution in [0.4, 0.5) is 26.3 Å². The lowest BCUT2D eigenvalue weighted by Gasteiger charge is -2.12. The standard InChI is InChI=1S/C9H6F6O2S/c1-5-2-6(8(10,11)12)4-7(3-5)18(16,17)9(13,14)15/h2-4H,1H3. The van der Waals surface area contributed by atoms with Gasteiger partial charge in [-0.05, 0) is 30.7 Å². The van der Waals surface area contributed by atoms with Gasteiger partial charge in [0, 0.05) is 0 Å². The zero-order valence-corrected chi connectivity index (χ0v) is 9.54. The second kappa shape index (κ2) is 4.15. The van der Waals surface area contributed by atoms with Gasteiger partial charge in [0.2, 0.25) is 0 Å². The predicted octanol–water partition coefficient (Wildman–Crippen LogP) is 3.31. The molecule has 0 fully saturated rings. The van der Waals surface area contributed by atoms with Crippen LogP contribution >= 0.6 is 0 Å². The monoisotopic (exact) mass is 292 g/mol. The van der Waals surface area contributed by atoms with E-state index in [-0.39, 0.29) is 11.6 Å². The van der Waals surface area contributed by atoms with Gasteiger partial charge in [-0.1, -0.05) is 0 Å². The third kappa shape index (κ3) is 2.77. The summed E-state index contributed by atoms with van der Waals surface area (Å²) in [5.41, 5.74) is -7.30. The highest BCUT2D eigenvalue weighted by molar-refractivity contribution is 7.92. The molecule has 0 atom stereocenters. The van der Waals surface area contributed by atoms with Gasteiger partial charge >= 0.3 is 11.7 Å². The number of aryl methyl sites for hydroxylation is 1. The summed E-state index contributed by atoms with van der Waals surface area (Å²) in [6, 6.07) is 1.07. The van der Waals surface area contributed by atoms with E-state index < -0.39 is 32.0 Å². The summed E-state index contributed by atoms with van der Waals surface area (Å²) in [6.07, 6.45) is -4.91. The van der Waals surface area contributed by atoms with Crippen LogP contribution in [0.3, 0.4) is 0 Å². The van der Waals surface area contributed by atoms with Crippen molar-refractivity contribution in [3.8, 4) is 0 Å². The van der Waals surface area contributed by atoms with Crippen molar-refractivity contribution in [1.82, 2.24) is 0 Å². The molecule has 0 radical (unpaired) electrons. The summed E-state index contributed by atoms with van der Waals surface area (Å²) in [6.45, 7) is 1.07. The van der Waals surface area contributed by atoms with Crippen LogP contribution < -0.4 is 0 Å². The minimum Gasteiger partial charge on any atom is -0.214 e. The van der Waals surface area contributed by atoms with E-state index in [1.807, 2.05) is 0 Å². The summed E-state index contributed by atoms with van der Waals surface area (Å²) < 4.78 is 95.7. The van der Waals surface area contributed by atoms with E-state index >= 15 is 0 Å². The molecule has 18 heavy (non-hydrogen) atoms. The topological polar surface area (TPSA) is 34.1 Å². The molecule has 0 bridgehead atoms. The molecular weight excluding hydrogens is 286 g/mol. The van der Waals surface area contributed by atoms with Crippen molar-refractivity contribution in [3.63, 3.8) is 0 Å². The Bertz CT molecular complexity index is 555. The van der Waals surface area contributed by atoms with E-state index in [1.54, 1.807) is 0 Å². The molecule has 0 aliphatic rings. The van der Waals surface area contributed by atoms with E-state index in [9.17, 15) is 34.8 Å². The average molecular weight is 292 g/mol. The molecule has 0 amide bonds. The molecule has 0 saturated heterocycles. The number of benzene rings is 1. The predicted molar refractivity (Wildman–Crippen MR) is 49.4 cm³/mol. The highest BCUT2D eigenvalue weighted by atomic mass is 32.2. The maximum Gasteiger partial charge on any atom is 0.501 e. The van der Waals surface area contributed by atoms with Gasteiger partial charge in [-0.15, -0.1) is 0 Å². The average Bonchev–Trinajstić information content (AvgIpc) is 2.13. The fourth-order valence-corrected chi connectivity index (χ4v) is 2.09. The molecule has 0 aliphatic heterocycles. The van der Waals surface area contributed by atoms with Crippen molar-refractivity contribution < 1.29 is 34.8 Å². The normalized spacial score (nSPS) is 13.7. The Morgan fingerprint density at radius 3 is 1.83 bits per heavy atom. The van der Waals surface area contributed by atoms with Crippen molar-refractivity contribution >= 4 is 9.84 Å². The Morgan fingerprint density at radius 1 is 0.944 bits per heavy atom. The Labute approximate surface area is 98.1 Å². The quantitative estimate of drug-likeness (QED) is 0.744. The first-order valence-corrected chi connectivity index (χ1v) is 5.84. The first-order chi connectivity index (χ1) is 7.85. The summed E-state index contributed by atoms with van der Waals surface area (Å²) in [4.78, 5) is -1.41. The van der Waals surface area contributed by atoms with Crippen LogP contribution in [0.1, 0.15) is 11.1 Å². The minimum absolute atomic E-state index is 0.0319. The lowest BCUT2D eigenvalue weighted by atomic mass is 10.1. The molecular formula is C9H6F6O2S. The highest BCUT2D eigenvalue weighted by Gasteiger charge is 2.47. The zero-order chi connectivity index (χ0) is 14.4.